The van der Waals surface area contributed by atoms with E-state index < -0.39 is 0 Å². The molecule has 0 radical (unpaired) electrons. The van der Waals surface area contributed by atoms with Crippen LogP contribution in [0.4, 0.5) is 5.69 Å². The molecule has 0 saturated carbocycles. The normalized spacial score (nSPS) is 10.2. The molecule has 2 aromatic rings. The number of amides is 1. The number of hydrogen-bond donors (Lipinski definition) is 1. The molecule has 1 N–H and O–H groups in total. The third-order valence-electron chi connectivity index (χ3n) is 2.63. The van der Waals surface area contributed by atoms with Gasteiger partial charge >= 0.3 is 0 Å². The Morgan fingerprint density at radius 2 is 2.11 bits per heavy atom. The molecule has 1 amide bonds. The van der Waals surface area contributed by atoms with Crippen LogP contribution in [-0.2, 0) is 11.3 Å². The maximum absolute atomic E-state index is 11.8. The van der Waals surface area contributed by atoms with Crippen LogP contribution in [-0.4, -0.2) is 10.5 Å². The van der Waals surface area contributed by atoms with Crippen molar-refractivity contribution in [2.75, 3.05) is 5.32 Å². The van der Waals surface area contributed by atoms with Crippen molar-refractivity contribution in [3.8, 4) is 0 Å². The molecule has 0 unspecified atom stereocenters. The van der Waals surface area contributed by atoms with Gasteiger partial charge in [0.2, 0.25) is 5.91 Å². The van der Waals surface area contributed by atoms with Crippen LogP contribution in [0.25, 0.3) is 0 Å². The van der Waals surface area contributed by atoms with Crippen LogP contribution < -0.4 is 10.9 Å². The van der Waals surface area contributed by atoms with E-state index in [1.807, 2.05) is 0 Å². The minimum atomic E-state index is -0.269. The lowest BCUT2D eigenvalue weighted by molar-refractivity contribution is -0.116. The molecular formula is C14H13ClN2O2. The second-order valence-corrected chi connectivity index (χ2v) is 4.62. The molecule has 0 aliphatic heterocycles. The van der Waals surface area contributed by atoms with Crippen LogP contribution >= 0.6 is 11.6 Å². The van der Waals surface area contributed by atoms with Crippen molar-refractivity contribution in [1.29, 1.82) is 0 Å². The van der Waals surface area contributed by atoms with Gasteiger partial charge in [-0.05, 0) is 31.2 Å². The lowest BCUT2D eigenvalue weighted by atomic mass is 10.3. The highest BCUT2D eigenvalue weighted by Gasteiger charge is 2.06. The van der Waals surface area contributed by atoms with Crippen molar-refractivity contribution in [2.24, 2.45) is 0 Å². The lowest BCUT2D eigenvalue weighted by Gasteiger charge is -2.08. The summed E-state index contributed by atoms with van der Waals surface area (Å²) < 4.78 is 1.37. The molecule has 1 heterocycles. The summed E-state index contributed by atoms with van der Waals surface area (Å²) in [5, 5.41) is 3.24. The molecule has 2 rings (SSSR count). The highest BCUT2D eigenvalue weighted by atomic mass is 35.5. The standard InChI is InChI=1S/C14H13ClN2O2/c1-10-4-3-7-17(14(10)19)9-13(18)16-12-6-2-5-11(15)8-12/h2-8H,9H2,1H3,(H,16,18). The third kappa shape index (κ3) is 3.45. The van der Waals surface area contributed by atoms with Gasteiger partial charge in [-0.15, -0.1) is 0 Å². The molecule has 1 aromatic carbocycles. The van der Waals surface area contributed by atoms with Crippen molar-refractivity contribution >= 4 is 23.2 Å². The van der Waals surface area contributed by atoms with Crippen molar-refractivity contribution in [1.82, 2.24) is 4.57 Å². The number of pyridine rings is 1. The number of aryl methyl sites for hydroxylation is 1. The molecular weight excluding hydrogens is 264 g/mol. The van der Waals surface area contributed by atoms with Gasteiger partial charge in [0, 0.05) is 22.5 Å². The number of halogens is 1. The molecule has 0 fully saturated rings. The number of nitrogens with zero attached hydrogens (tertiary/aromatic N) is 1. The first kappa shape index (κ1) is 13.4. The average Bonchev–Trinajstić information content (AvgIpc) is 2.35. The summed E-state index contributed by atoms with van der Waals surface area (Å²) in [5.74, 6) is -0.269. The molecule has 0 aliphatic rings. The molecule has 19 heavy (non-hydrogen) atoms. The number of hydrogen-bond acceptors (Lipinski definition) is 2. The summed E-state index contributed by atoms with van der Waals surface area (Å²) in [4.78, 5) is 23.6. The van der Waals surface area contributed by atoms with Crippen LogP contribution in [0.5, 0.6) is 0 Å². The van der Waals surface area contributed by atoms with Gasteiger partial charge in [-0.2, -0.15) is 0 Å². The quantitative estimate of drug-likeness (QED) is 0.936. The summed E-state index contributed by atoms with van der Waals surface area (Å²) >= 11 is 5.83. The van der Waals surface area contributed by atoms with E-state index in [-0.39, 0.29) is 18.0 Å². The van der Waals surface area contributed by atoms with E-state index in [0.717, 1.165) is 0 Å². The predicted molar refractivity (Wildman–Crippen MR) is 75.5 cm³/mol. The SMILES string of the molecule is Cc1cccn(CC(=O)Nc2cccc(Cl)c2)c1=O. The van der Waals surface area contributed by atoms with Gasteiger partial charge in [0.15, 0.2) is 0 Å². The molecule has 1 aromatic heterocycles. The van der Waals surface area contributed by atoms with Gasteiger partial charge in [-0.3, -0.25) is 9.59 Å². The molecule has 0 bridgehead atoms. The zero-order chi connectivity index (χ0) is 13.8. The Kier molecular flexibility index (Phi) is 4.02. The Morgan fingerprint density at radius 3 is 2.84 bits per heavy atom. The van der Waals surface area contributed by atoms with Crippen LogP contribution in [0.15, 0.2) is 47.4 Å². The van der Waals surface area contributed by atoms with Crippen molar-refractivity contribution < 1.29 is 4.79 Å². The first-order chi connectivity index (χ1) is 9.06. The Morgan fingerprint density at radius 1 is 1.32 bits per heavy atom. The number of rotatable bonds is 3. The fourth-order valence-corrected chi connectivity index (χ4v) is 1.89. The zero-order valence-corrected chi connectivity index (χ0v) is 11.1. The maximum atomic E-state index is 11.8. The second kappa shape index (κ2) is 5.71. The fourth-order valence-electron chi connectivity index (χ4n) is 1.70. The van der Waals surface area contributed by atoms with E-state index in [1.165, 1.54) is 4.57 Å². The van der Waals surface area contributed by atoms with E-state index >= 15 is 0 Å². The van der Waals surface area contributed by atoms with E-state index in [1.54, 1.807) is 49.5 Å². The summed E-state index contributed by atoms with van der Waals surface area (Å²) in [5.41, 5.74) is 1.06. The molecule has 5 heteroatoms. The van der Waals surface area contributed by atoms with Crippen LogP contribution in [0, 0.1) is 6.92 Å². The minimum Gasteiger partial charge on any atom is -0.324 e. The van der Waals surface area contributed by atoms with Gasteiger partial charge in [0.05, 0.1) is 0 Å². The Bertz CT molecular complexity index is 664. The van der Waals surface area contributed by atoms with E-state index in [2.05, 4.69) is 5.32 Å². The van der Waals surface area contributed by atoms with Crippen LogP contribution in [0.3, 0.4) is 0 Å². The largest absolute Gasteiger partial charge is 0.324 e. The van der Waals surface area contributed by atoms with Crippen LogP contribution in [0.1, 0.15) is 5.56 Å². The second-order valence-electron chi connectivity index (χ2n) is 4.18. The highest BCUT2D eigenvalue weighted by molar-refractivity contribution is 6.30. The average molecular weight is 277 g/mol. The predicted octanol–water partition coefficient (Wildman–Crippen LogP) is 2.45. The Hall–Kier alpha value is -2.07. The number of aromatic nitrogens is 1. The Labute approximate surface area is 115 Å². The van der Waals surface area contributed by atoms with E-state index in [4.69, 9.17) is 11.6 Å². The summed E-state index contributed by atoms with van der Waals surface area (Å²) in [7, 11) is 0. The number of anilines is 1. The van der Waals surface area contributed by atoms with Gasteiger partial charge in [0.1, 0.15) is 6.54 Å². The molecule has 0 atom stereocenters. The number of carbonyl (C=O) groups excluding carboxylic acids is 1. The smallest absolute Gasteiger partial charge is 0.253 e. The van der Waals surface area contributed by atoms with Gasteiger partial charge in [0.25, 0.3) is 5.56 Å². The summed E-state index contributed by atoms with van der Waals surface area (Å²) in [6, 6.07) is 10.3. The summed E-state index contributed by atoms with van der Waals surface area (Å²) in [6.07, 6.45) is 1.59. The van der Waals surface area contributed by atoms with E-state index in [9.17, 15) is 9.59 Å². The van der Waals surface area contributed by atoms with Crippen molar-refractivity contribution in [3.63, 3.8) is 0 Å². The maximum Gasteiger partial charge on any atom is 0.253 e. The van der Waals surface area contributed by atoms with E-state index in [0.29, 0.717) is 16.3 Å². The van der Waals surface area contributed by atoms with Gasteiger partial charge in [-0.1, -0.05) is 23.7 Å². The molecule has 0 aliphatic carbocycles. The van der Waals surface area contributed by atoms with Gasteiger partial charge < -0.3 is 9.88 Å². The zero-order valence-electron chi connectivity index (χ0n) is 10.4. The van der Waals surface area contributed by atoms with Crippen molar-refractivity contribution in [2.45, 2.75) is 13.5 Å². The highest BCUT2D eigenvalue weighted by Crippen LogP contribution is 2.14. The Balaban J connectivity index is 2.10. The van der Waals surface area contributed by atoms with Crippen molar-refractivity contribution in [3.05, 3.63) is 63.5 Å². The topological polar surface area (TPSA) is 51.1 Å². The molecule has 0 spiro atoms. The lowest BCUT2D eigenvalue weighted by Crippen LogP contribution is -2.28. The number of carbonyl (C=O) groups is 1. The molecule has 0 saturated heterocycles. The molecule has 4 nitrogen and oxygen atoms in total. The first-order valence-corrected chi connectivity index (χ1v) is 6.15. The molecule has 98 valence electrons. The first-order valence-electron chi connectivity index (χ1n) is 5.78. The monoisotopic (exact) mass is 276 g/mol. The minimum absolute atomic E-state index is 0.0208. The summed E-state index contributed by atoms with van der Waals surface area (Å²) in [6.45, 7) is 1.70. The van der Waals surface area contributed by atoms with Gasteiger partial charge in [-0.25, -0.2) is 0 Å². The number of nitrogens with one attached hydrogen (secondary N) is 1. The number of benzene rings is 1. The fraction of sp³-hybridized carbons (Fsp3) is 0.143. The van der Waals surface area contributed by atoms with Crippen LogP contribution in [0.2, 0.25) is 5.02 Å². The third-order valence-corrected chi connectivity index (χ3v) is 2.87.